The second-order valence-electron chi connectivity index (χ2n) is 11.2. The van der Waals surface area contributed by atoms with Gasteiger partial charge < -0.3 is 10.5 Å². The summed E-state index contributed by atoms with van der Waals surface area (Å²) in [6, 6.07) is 21.8. The van der Waals surface area contributed by atoms with Crippen molar-refractivity contribution in [2.24, 2.45) is 0 Å². The molecule has 2 aliphatic rings. The maximum atomic E-state index is 15.6. The van der Waals surface area contributed by atoms with Crippen LogP contribution in [0.15, 0.2) is 79.1 Å². The summed E-state index contributed by atoms with van der Waals surface area (Å²) in [7, 11) is 0. The van der Waals surface area contributed by atoms with Gasteiger partial charge in [-0.2, -0.15) is 5.10 Å². The normalized spacial score (nSPS) is 16.2. The maximum absolute atomic E-state index is 15.6. The molecule has 12 heteroatoms. The van der Waals surface area contributed by atoms with Crippen molar-refractivity contribution in [1.29, 1.82) is 0 Å². The number of aromatic nitrogens is 4. The summed E-state index contributed by atoms with van der Waals surface area (Å²) in [4.78, 5) is 36.1. The second-order valence-corrected chi connectivity index (χ2v) is 11.2. The fourth-order valence-electron chi connectivity index (χ4n) is 6.01. The summed E-state index contributed by atoms with van der Waals surface area (Å²) in [5, 5.41) is 7.97. The zero-order valence-electron chi connectivity index (χ0n) is 24.4. The van der Waals surface area contributed by atoms with Gasteiger partial charge >= 0.3 is 6.03 Å². The van der Waals surface area contributed by atoms with Crippen molar-refractivity contribution in [3.05, 3.63) is 90.5 Å². The highest BCUT2D eigenvalue weighted by atomic mass is 19.1. The van der Waals surface area contributed by atoms with Crippen LogP contribution in [0, 0.1) is 5.82 Å². The van der Waals surface area contributed by atoms with Crippen LogP contribution >= 0.6 is 0 Å². The van der Waals surface area contributed by atoms with Crippen molar-refractivity contribution in [3.8, 4) is 22.8 Å². The fraction of sp³-hybridized carbons (Fsp3) is 0.242. The van der Waals surface area contributed by atoms with Gasteiger partial charge in [0.2, 0.25) is 5.91 Å². The Morgan fingerprint density at radius 2 is 1.67 bits per heavy atom. The lowest BCUT2D eigenvalue weighted by molar-refractivity contribution is -0.120. The van der Waals surface area contributed by atoms with E-state index in [1.165, 1.54) is 11.2 Å². The third-order valence-corrected chi connectivity index (χ3v) is 8.32. The molecule has 4 heterocycles. The van der Waals surface area contributed by atoms with Crippen LogP contribution in [0.5, 0.6) is 11.5 Å². The lowest BCUT2D eigenvalue weighted by Crippen LogP contribution is -2.50. The van der Waals surface area contributed by atoms with E-state index >= 15 is 4.39 Å². The number of rotatable bonds is 7. The van der Waals surface area contributed by atoms with Crippen LogP contribution in [0.4, 0.5) is 20.7 Å². The lowest BCUT2D eigenvalue weighted by Gasteiger charge is -2.33. The van der Waals surface area contributed by atoms with Crippen LogP contribution in [-0.4, -0.2) is 56.2 Å². The van der Waals surface area contributed by atoms with E-state index in [0.29, 0.717) is 40.4 Å². The van der Waals surface area contributed by atoms with Crippen molar-refractivity contribution in [1.82, 2.24) is 30.0 Å². The van der Waals surface area contributed by atoms with Gasteiger partial charge in [0.1, 0.15) is 29.3 Å². The van der Waals surface area contributed by atoms with Gasteiger partial charge in [0.05, 0.1) is 17.1 Å². The number of para-hydroxylation sites is 1. The van der Waals surface area contributed by atoms with E-state index in [0.717, 1.165) is 37.2 Å². The monoisotopic (exact) mass is 606 g/mol. The standard InChI is InChI=1S/C33H31FN8O3/c34-29-22(5-4-8-26(29)41-18-15-27(43)38-33(41)44)19-40-16-13-23(14-17-40)42-32-28(31(35)36-20-37-32)30(39-42)21-9-11-25(12-10-21)45-24-6-2-1-3-7-24/h1-12,20,23H,13-19H2,(H2,35,36,37)(H,38,43,44). The molecule has 0 spiro atoms. The molecule has 0 saturated carbocycles. The molecule has 228 valence electrons. The predicted octanol–water partition coefficient (Wildman–Crippen LogP) is 5.29. The number of hydrogen-bond donors (Lipinski definition) is 2. The highest BCUT2D eigenvalue weighted by Gasteiger charge is 2.29. The molecule has 0 atom stereocenters. The molecular weight excluding hydrogens is 575 g/mol. The topological polar surface area (TPSA) is 131 Å². The van der Waals surface area contributed by atoms with Crippen molar-refractivity contribution >= 4 is 34.5 Å². The van der Waals surface area contributed by atoms with Crippen LogP contribution in [-0.2, 0) is 11.3 Å². The third kappa shape index (κ3) is 5.67. The van der Waals surface area contributed by atoms with E-state index < -0.39 is 11.8 Å². The molecule has 0 bridgehead atoms. The van der Waals surface area contributed by atoms with Crippen molar-refractivity contribution < 1.29 is 18.7 Å². The van der Waals surface area contributed by atoms with Crippen LogP contribution in [0.25, 0.3) is 22.3 Å². The molecule has 2 aliphatic heterocycles. The Morgan fingerprint density at radius 3 is 2.42 bits per heavy atom. The number of nitrogens with one attached hydrogen (secondary N) is 1. The Balaban J connectivity index is 1.07. The summed E-state index contributed by atoms with van der Waals surface area (Å²) in [6.07, 6.45) is 3.15. The highest BCUT2D eigenvalue weighted by Crippen LogP contribution is 2.35. The number of fused-ring (bicyclic) bond motifs is 1. The number of ether oxygens (including phenoxy) is 1. The van der Waals surface area contributed by atoms with Gasteiger partial charge in [-0.05, 0) is 55.3 Å². The molecule has 2 fully saturated rings. The summed E-state index contributed by atoms with van der Waals surface area (Å²) in [5.41, 5.74) is 9.30. The maximum Gasteiger partial charge on any atom is 0.328 e. The number of carbonyl (C=O) groups is 2. The number of nitrogens with two attached hydrogens (primary N) is 1. The molecule has 2 aromatic heterocycles. The molecule has 3 N–H and O–H groups in total. The lowest BCUT2D eigenvalue weighted by atomic mass is 10.0. The van der Waals surface area contributed by atoms with Gasteiger partial charge in [0.25, 0.3) is 0 Å². The Labute approximate surface area is 258 Å². The first kappa shape index (κ1) is 28.4. The number of anilines is 2. The smallest absolute Gasteiger partial charge is 0.328 e. The third-order valence-electron chi connectivity index (χ3n) is 8.32. The zero-order chi connectivity index (χ0) is 30.9. The van der Waals surface area contributed by atoms with Gasteiger partial charge in [0.15, 0.2) is 11.5 Å². The van der Waals surface area contributed by atoms with Gasteiger partial charge in [-0.15, -0.1) is 0 Å². The van der Waals surface area contributed by atoms with Gasteiger partial charge in [-0.3, -0.25) is 19.9 Å². The number of imide groups is 1. The molecule has 0 radical (unpaired) electrons. The van der Waals surface area contributed by atoms with Gasteiger partial charge in [-0.1, -0.05) is 30.3 Å². The number of benzene rings is 3. The molecular formula is C33H31FN8O3. The van der Waals surface area contributed by atoms with Crippen molar-refractivity contribution in [3.63, 3.8) is 0 Å². The number of likely N-dealkylation sites (tertiary alicyclic amines) is 1. The minimum Gasteiger partial charge on any atom is -0.457 e. The number of carbonyl (C=O) groups excluding carboxylic acids is 2. The molecule has 5 aromatic rings. The number of amides is 3. The fourth-order valence-corrected chi connectivity index (χ4v) is 6.01. The summed E-state index contributed by atoms with van der Waals surface area (Å²) < 4.78 is 23.5. The Hall–Kier alpha value is -5.36. The Morgan fingerprint density at radius 1 is 0.911 bits per heavy atom. The minimum atomic E-state index is -0.602. The Kier molecular flexibility index (Phi) is 7.55. The Bertz CT molecular complexity index is 1870. The number of urea groups is 1. The van der Waals surface area contributed by atoms with Crippen LogP contribution in [0.3, 0.4) is 0 Å². The van der Waals surface area contributed by atoms with E-state index in [4.69, 9.17) is 15.6 Å². The first-order valence-electron chi connectivity index (χ1n) is 14.9. The average Bonchev–Trinajstić information content (AvgIpc) is 3.45. The minimum absolute atomic E-state index is 0.0678. The van der Waals surface area contributed by atoms with E-state index in [1.54, 1.807) is 18.2 Å². The van der Waals surface area contributed by atoms with Crippen molar-refractivity contribution in [2.45, 2.75) is 31.8 Å². The van der Waals surface area contributed by atoms with Crippen molar-refractivity contribution in [2.75, 3.05) is 30.3 Å². The summed E-state index contributed by atoms with van der Waals surface area (Å²) in [6.45, 7) is 1.99. The van der Waals surface area contributed by atoms with Crippen LogP contribution in [0.1, 0.15) is 30.9 Å². The SMILES string of the molecule is Nc1ncnc2c1c(-c1ccc(Oc3ccccc3)cc1)nn2C1CCN(Cc2cccc(N3CCC(=O)NC3=O)c2F)CC1. The molecule has 0 aliphatic carbocycles. The molecule has 2 saturated heterocycles. The zero-order valence-corrected chi connectivity index (χ0v) is 24.4. The van der Waals surface area contributed by atoms with Crippen LogP contribution < -0.4 is 20.7 Å². The van der Waals surface area contributed by atoms with Gasteiger partial charge in [-0.25, -0.2) is 23.8 Å². The van der Waals surface area contributed by atoms with E-state index in [2.05, 4.69) is 20.2 Å². The first-order chi connectivity index (χ1) is 21.9. The molecule has 0 unspecified atom stereocenters. The molecule has 11 nitrogen and oxygen atoms in total. The highest BCUT2D eigenvalue weighted by molar-refractivity contribution is 6.05. The number of piperidine rings is 1. The summed E-state index contributed by atoms with van der Waals surface area (Å²) in [5.74, 6) is 1.03. The number of nitrogen functional groups attached to an aromatic ring is 1. The number of halogens is 1. The quantitative estimate of drug-likeness (QED) is 0.256. The van der Waals surface area contributed by atoms with Gasteiger partial charge in [0, 0.05) is 43.7 Å². The van der Waals surface area contributed by atoms with E-state index in [-0.39, 0.29) is 30.6 Å². The average molecular weight is 607 g/mol. The summed E-state index contributed by atoms with van der Waals surface area (Å²) >= 11 is 0. The molecule has 3 aromatic carbocycles. The molecule has 3 amide bonds. The van der Waals surface area contributed by atoms with Crippen LogP contribution in [0.2, 0.25) is 0 Å². The molecule has 45 heavy (non-hydrogen) atoms. The molecule has 7 rings (SSSR count). The van der Waals surface area contributed by atoms with E-state index in [9.17, 15) is 9.59 Å². The second kappa shape index (κ2) is 12.0. The first-order valence-corrected chi connectivity index (χ1v) is 14.9. The number of hydrogen-bond acceptors (Lipinski definition) is 8. The number of nitrogens with zero attached hydrogens (tertiary/aromatic N) is 6. The van der Waals surface area contributed by atoms with E-state index in [1.807, 2.05) is 59.3 Å². The predicted molar refractivity (Wildman–Crippen MR) is 167 cm³/mol. The largest absolute Gasteiger partial charge is 0.457 e.